The SMILES string of the molecule is CCCCCCCCCCCCCC/C=C/COC(=O)[C@@H]1CCC(=O)N1. The van der Waals surface area contributed by atoms with Gasteiger partial charge in [0.2, 0.25) is 5.91 Å². The van der Waals surface area contributed by atoms with Crippen molar-refractivity contribution >= 4 is 11.9 Å². The van der Waals surface area contributed by atoms with Gasteiger partial charge in [-0.2, -0.15) is 0 Å². The van der Waals surface area contributed by atoms with Crippen LogP contribution < -0.4 is 5.32 Å². The summed E-state index contributed by atoms with van der Waals surface area (Å²) in [5.74, 6) is -0.375. The topological polar surface area (TPSA) is 55.4 Å². The summed E-state index contributed by atoms with van der Waals surface area (Å²) in [5.41, 5.74) is 0. The van der Waals surface area contributed by atoms with Gasteiger partial charge in [0.05, 0.1) is 0 Å². The van der Waals surface area contributed by atoms with Crippen LogP contribution in [0.2, 0.25) is 0 Å². The summed E-state index contributed by atoms with van der Waals surface area (Å²) in [4.78, 5) is 22.7. The van der Waals surface area contributed by atoms with Gasteiger partial charge in [-0.15, -0.1) is 0 Å². The third kappa shape index (κ3) is 12.1. The van der Waals surface area contributed by atoms with Crippen LogP contribution in [0.3, 0.4) is 0 Å². The lowest BCUT2D eigenvalue weighted by atomic mass is 10.0. The van der Waals surface area contributed by atoms with Gasteiger partial charge >= 0.3 is 5.97 Å². The third-order valence-corrected chi connectivity index (χ3v) is 4.99. The number of carbonyl (C=O) groups excluding carboxylic acids is 2. The summed E-state index contributed by atoms with van der Waals surface area (Å²) in [6.45, 7) is 2.58. The predicted molar refractivity (Wildman–Crippen MR) is 107 cm³/mol. The highest BCUT2D eigenvalue weighted by Crippen LogP contribution is 2.12. The molecule has 150 valence electrons. The van der Waals surface area contributed by atoms with Crippen LogP contribution in [0.4, 0.5) is 0 Å². The second-order valence-corrected chi connectivity index (χ2v) is 7.44. The van der Waals surface area contributed by atoms with E-state index in [1.54, 1.807) is 0 Å². The van der Waals surface area contributed by atoms with E-state index >= 15 is 0 Å². The molecule has 4 nitrogen and oxygen atoms in total. The van der Waals surface area contributed by atoms with Gasteiger partial charge in [0, 0.05) is 6.42 Å². The lowest BCUT2D eigenvalue weighted by Gasteiger charge is -2.08. The number of esters is 1. The molecule has 1 saturated heterocycles. The van der Waals surface area contributed by atoms with Crippen LogP contribution in [0.15, 0.2) is 12.2 Å². The van der Waals surface area contributed by atoms with E-state index in [9.17, 15) is 9.59 Å². The van der Waals surface area contributed by atoms with Crippen molar-refractivity contribution in [3.05, 3.63) is 12.2 Å². The highest BCUT2D eigenvalue weighted by atomic mass is 16.5. The van der Waals surface area contributed by atoms with Gasteiger partial charge < -0.3 is 10.1 Å². The first kappa shape index (κ1) is 22.7. The highest BCUT2D eigenvalue weighted by molar-refractivity contribution is 5.88. The van der Waals surface area contributed by atoms with Crippen molar-refractivity contribution in [2.75, 3.05) is 6.61 Å². The number of unbranched alkanes of at least 4 members (excludes halogenated alkanes) is 12. The molecule has 0 aromatic rings. The largest absolute Gasteiger partial charge is 0.460 e. The fourth-order valence-corrected chi connectivity index (χ4v) is 3.31. The predicted octanol–water partition coefficient (Wildman–Crippen LogP) is 5.46. The Hall–Kier alpha value is -1.32. The fourth-order valence-electron chi connectivity index (χ4n) is 3.31. The molecular formula is C22H39NO3. The minimum atomic E-state index is -0.438. The Kier molecular flexibility index (Phi) is 13.9. The number of allylic oxidation sites excluding steroid dienone is 1. The standard InChI is InChI=1S/C22H39NO3/c1-2-3-4-5-6-7-8-9-10-11-12-13-14-15-16-19-26-22(25)20-17-18-21(24)23-20/h15-16,20H,2-14,17-19H2,1H3,(H,23,24)/b16-15+/t20-/m0/s1. The Balaban J connectivity index is 1.79. The van der Waals surface area contributed by atoms with Crippen molar-refractivity contribution in [3.8, 4) is 0 Å². The molecule has 1 aliphatic heterocycles. The summed E-state index contributed by atoms with van der Waals surface area (Å²) in [5, 5.41) is 2.62. The zero-order chi connectivity index (χ0) is 18.9. The number of rotatable bonds is 16. The number of amides is 1. The number of hydrogen-bond donors (Lipinski definition) is 1. The summed E-state index contributed by atoms with van der Waals surface area (Å²) in [7, 11) is 0. The van der Waals surface area contributed by atoms with Crippen LogP contribution in [0.25, 0.3) is 0 Å². The minimum absolute atomic E-state index is 0.0607. The molecule has 0 bridgehead atoms. The molecule has 1 heterocycles. The van der Waals surface area contributed by atoms with Crippen molar-refractivity contribution in [3.63, 3.8) is 0 Å². The number of ether oxygens (including phenoxy) is 1. The molecule has 26 heavy (non-hydrogen) atoms. The summed E-state index contributed by atoms with van der Waals surface area (Å²) >= 11 is 0. The van der Waals surface area contributed by atoms with E-state index in [0.717, 1.165) is 6.42 Å². The van der Waals surface area contributed by atoms with Crippen molar-refractivity contribution in [1.82, 2.24) is 5.32 Å². The molecule has 0 spiro atoms. The first-order valence-electron chi connectivity index (χ1n) is 10.8. The average molecular weight is 366 g/mol. The second-order valence-electron chi connectivity index (χ2n) is 7.44. The van der Waals surface area contributed by atoms with E-state index in [2.05, 4.69) is 18.3 Å². The summed E-state index contributed by atoms with van der Waals surface area (Å²) in [6.07, 6.45) is 22.4. The molecule has 1 N–H and O–H groups in total. The minimum Gasteiger partial charge on any atom is -0.460 e. The van der Waals surface area contributed by atoms with Crippen molar-refractivity contribution in [1.29, 1.82) is 0 Å². The summed E-state index contributed by atoms with van der Waals surface area (Å²) in [6, 6.07) is -0.438. The fraction of sp³-hybridized carbons (Fsp3) is 0.818. The highest BCUT2D eigenvalue weighted by Gasteiger charge is 2.27. The van der Waals surface area contributed by atoms with E-state index in [0.29, 0.717) is 19.4 Å². The van der Waals surface area contributed by atoms with Crippen molar-refractivity contribution in [2.45, 2.75) is 109 Å². The third-order valence-electron chi connectivity index (χ3n) is 4.99. The second kappa shape index (κ2) is 15.9. The number of hydrogen-bond acceptors (Lipinski definition) is 3. The van der Waals surface area contributed by atoms with Crippen LogP contribution in [0, 0.1) is 0 Å². The van der Waals surface area contributed by atoms with Crippen LogP contribution in [-0.2, 0) is 14.3 Å². The molecule has 1 atom stereocenters. The smallest absolute Gasteiger partial charge is 0.328 e. The lowest BCUT2D eigenvalue weighted by Crippen LogP contribution is -2.34. The lowest BCUT2D eigenvalue weighted by molar-refractivity contribution is -0.145. The maximum atomic E-state index is 11.7. The Labute approximate surface area is 160 Å². The van der Waals surface area contributed by atoms with Gasteiger partial charge in [-0.1, -0.05) is 89.7 Å². The van der Waals surface area contributed by atoms with Crippen LogP contribution in [-0.4, -0.2) is 24.5 Å². The monoisotopic (exact) mass is 365 g/mol. The van der Waals surface area contributed by atoms with Gasteiger partial charge in [-0.25, -0.2) is 4.79 Å². The molecule has 4 heteroatoms. The van der Waals surface area contributed by atoms with Crippen LogP contribution in [0.5, 0.6) is 0 Å². The molecule has 0 aromatic carbocycles. The Morgan fingerprint density at radius 1 is 0.962 bits per heavy atom. The zero-order valence-corrected chi connectivity index (χ0v) is 16.8. The molecule has 1 amide bonds. The van der Waals surface area contributed by atoms with E-state index in [-0.39, 0.29) is 11.9 Å². The molecule has 0 aromatic heterocycles. The van der Waals surface area contributed by atoms with Crippen LogP contribution >= 0.6 is 0 Å². The van der Waals surface area contributed by atoms with Crippen molar-refractivity contribution < 1.29 is 14.3 Å². The molecule has 0 unspecified atom stereocenters. The van der Waals surface area contributed by atoms with E-state index < -0.39 is 6.04 Å². The zero-order valence-electron chi connectivity index (χ0n) is 16.8. The first-order chi connectivity index (χ1) is 12.7. The molecule has 1 aliphatic rings. The van der Waals surface area contributed by atoms with Gasteiger partial charge in [0.1, 0.15) is 12.6 Å². The Bertz CT molecular complexity index is 406. The molecule has 0 saturated carbocycles. The van der Waals surface area contributed by atoms with Gasteiger partial charge in [0.15, 0.2) is 0 Å². The van der Waals surface area contributed by atoms with E-state index in [1.807, 2.05) is 6.08 Å². The maximum Gasteiger partial charge on any atom is 0.328 e. The molecule has 1 rings (SSSR count). The Morgan fingerprint density at radius 2 is 1.54 bits per heavy atom. The molecule has 0 aliphatic carbocycles. The number of carbonyl (C=O) groups is 2. The first-order valence-corrected chi connectivity index (χ1v) is 10.8. The normalized spacial score (nSPS) is 17.0. The Morgan fingerprint density at radius 3 is 2.08 bits per heavy atom. The van der Waals surface area contributed by atoms with E-state index in [4.69, 9.17) is 4.74 Å². The van der Waals surface area contributed by atoms with Crippen LogP contribution in [0.1, 0.15) is 103 Å². The van der Waals surface area contributed by atoms with Gasteiger partial charge in [-0.05, 0) is 19.3 Å². The quantitative estimate of drug-likeness (QED) is 0.225. The van der Waals surface area contributed by atoms with Gasteiger partial charge in [0.25, 0.3) is 0 Å². The average Bonchev–Trinajstić information content (AvgIpc) is 3.07. The maximum absolute atomic E-state index is 11.7. The molecule has 0 radical (unpaired) electrons. The number of nitrogens with one attached hydrogen (secondary N) is 1. The molecular weight excluding hydrogens is 326 g/mol. The summed E-state index contributed by atoms with van der Waals surface area (Å²) < 4.78 is 5.15. The van der Waals surface area contributed by atoms with Crippen molar-refractivity contribution in [2.24, 2.45) is 0 Å². The van der Waals surface area contributed by atoms with E-state index in [1.165, 1.54) is 77.0 Å². The van der Waals surface area contributed by atoms with Gasteiger partial charge in [-0.3, -0.25) is 4.79 Å². The molecule has 1 fully saturated rings.